The number of hydrogen-bond donors (Lipinski definition) is 1. The van der Waals surface area contributed by atoms with Gasteiger partial charge in [-0.2, -0.15) is 0 Å². The molecular weight excluding hydrogens is 320 g/mol. The molecule has 2 saturated heterocycles. The molecule has 2 amide bonds. The Hall–Kier alpha value is -2.15. The Balaban J connectivity index is 1.64. The molecule has 7 nitrogen and oxygen atoms in total. The van der Waals surface area contributed by atoms with Gasteiger partial charge in [-0.15, -0.1) is 0 Å². The minimum absolute atomic E-state index is 0.0757. The van der Waals surface area contributed by atoms with E-state index in [2.05, 4.69) is 17.3 Å². The fourth-order valence-electron chi connectivity index (χ4n) is 3.83. The van der Waals surface area contributed by atoms with Crippen LogP contribution in [0.5, 0.6) is 0 Å². The monoisotopic (exact) mass is 346 g/mol. The van der Waals surface area contributed by atoms with Gasteiger partial charge in [0.05, 0.1) is 0 Å². The Morgan fingerprint density at radius 1 is 1.24 bits per heavy atom. The molecule has 3 rings (SSSR count). The van der Waals surface area contributed by atoms with Crippen LogP contribution in [0, 0.1) is 0 Å². The van der Waals surface area contributed by atoms with Crippen molar-refractivity contribution < 1.29 is 9.59 Å². The molecular formula is C18H26N4O3. The summed E-state index contributed by atoms with van der Waals surface area (Å²) in [5.41, 5.74) is -0.213. The van der Waals surface area contributed by atoms with Crippen molar-refractivity contribution in [2.45, 2.75) is 37.8 Å². The number of likely N-dealkylation sites (N-methyl/N-ethyl adjacent to an activating group) is 1. The molecule has 0 saturated carbocycles. The maximum atomic E-state index is 12.7. The highest BCUT2D eigenvalue weighted by atomic mass is 16.2. The summed E-state index contributed by atoms with van der Waals surface area (Å²) in [5, 5.41) is 2.93. The highest BCUT2D eigenvalue weighted by Crippen LogP contribution is 2.30. The molecule has 25 heavy (non-hydrogen) atoms. The number of pyridine rings is 1. The third-order valence-corrected chi connectivity index (χ3v) is 5.55. The minimum atomic E-state index is -0.128. The third-order valence-electron chi connectivity index (χ3n) is 5.55. The van der Waals surface area contributed by atoms with E-state index in [0.29, 0.717) is 39.0 Å². The average Bonchev–Trinajstić information content (AvgIpc) is 2.79. The standard InChI is InChI=1S/C18H26N4O3/c1-20-12-13-22(14-18(20)7-5-15(23)19-9-8-18)17(25)6-11-21-10-3-2-4-16(21)24/h2-4,10H,5-9,11-14H2,1H3,(H,19,23)/t18-/m0/s1. The average molecular weight is 346 g/mol. The SMILES string of the molecule is CN1CCN(C(=O)CCn2ccccc2=O)C[C@]12CCNC(=O)CC2. The van der Waals surface area contributed by atoms with Crippen LogP contribution in [-0.4, -0.2) is 64.9 Å². The molecule has 0 bridgehead atoms. The summed E-state index contributed by atoms with van der Waals surface area (Å²) in [6.07, 6.45) is 4.17. The Bertz CT molecular complexity index is 702. The van der Waals surface area contributed by atoms with Crippen molar-refractivity contribution in [2.24, 2.45) is 0 Å². The predicted molar refractivity (Wildman–Crippen MR) is 94.1 cm³/mol. The maximum absolute atomic E-state index is 12.7. The van der Waals surface area contributed by atoms with Gasteiger partial charge in [-0.1, -0.05) is 6.07 Å². The van der Waals surface area contributed by atoms with E-state index in [1.165, 1.54) is 6.07 Å². The molecule has 1 N–H and O–H groups in total. The highest BCUT2D eigenvalue weighted by molar-refractivity contribution is 5.77. The molecule has 1 atom stereocenters. The van der Waals surface area contributed by atoms with Crippen LogP contribution >= 0.6 is 0 Å². The minimum Gasteiger partial charge on any atom is -0.356 e. The number of aromatic nitrogens is 1. The Labute approximate surface area is 147 Å². The van der Waals surface area contributed by atoms with E-state index in [1.54, 1.807) is 22.9 Å². The van der Waals surface area contributed by atoms with Gasteiger partial charge in [-0.05, 0) is 26.0 Å². The van der Waals surface area contributed by atoms with Crippen molar-refractivity contribution in [3.63, 3.8) is 0 Å². The fourth-order valence-corrected chi connectivity index (χ4v) is 3.83. The van der Waals surface area contributed by atoms with E-state index in [-0.39, 0.29) is 22.9 Å². The lowest BCUT2D eigenvalue weighted by Crippen LogP contribution is -2.62. The number of aryl methyl sites for hydroxylation is 1. The topological polar surface area (TPSA) is 74.7 Å². The largest absolute Gasteiger partial charge is 0.356 e. The van der Waals surface area contributed by atoms with E-state index in [0.717, 1.165) is 19.4 Å². The van der Waals surface area contributed by atoms with Gasteiger partial charge in [0.2, 0.25) is 11.8 Å². The fraction of sp³-hybridized carbons (Fsp3) is 0.611. The van der Waals surface area contributed by atoms with Gasteiger partial charge in [-0.3, -0.25) is 19.3 Å². The summed E-state index contributed by atoms with van der Waals surface area (Å²) < 4.78 is 1.57. The zero-order valence-electron chi connectivity index (χ0n) is 14.7. The van der Waals surface area contributed by atoms with Gasteiger partial charge < -0.3 is 14.8 Å². The van der Waals surface area contributed by atoms with E-state index in [9.17, 15) is 14.4 Å². The molecule has 0 aliphatic carbocycles. The molecule has 2 aliphatic rings. The second-order valence-electron chi connectivity index (χ2n) is 7.04. The lowest BCUT2D eigenvalue weighted by molar-refractivity contribution is -0.137. The maximum Gasteiger partial charge on any atom is 0.250 e. The number of hydrogen-bond acceptors (Lipinski definition) is 4. The quantitative estimate of drug-likeness (QED) is 0.839. The molecule has 1 aromatic rings. The number of rotatable bonds is 3. The summed E-state index contributed by atoms with van der Waals surface area (Å²) in [7, 11) is 2.08. The summed E-state index contributed by atoms with van der Waals surface area (Å²) in [6, 6.07) is 5.00. The number of piperazine rings is 1. The Morgan fingerprint density at radius 3 is 2.88 bits per heavy atom. The Morgan fingerprint density at radius 2 is 2.08 bits per heavy atom. The number of nitrogens with one attached hydrogen (secondary N) is 1. The van der Waals surface area contributed by atoms with Crippen LogP contribution in [-0.2, 0) is 16.1 Å². The molecule has 0 radical (unpaired) electrons. The van der Waals surface area contributed by atoms with Gasteiger partial charge in [0, 0.05) is 63.4 Å². The molecule has 1 aromatic heterocycles. The first-order chi connectivity index (χ1) is 12.0. The molecule has 7 heteroatoms. The lowest BCUT2D eigenvalue weighted by atomic mass is 9.86. The molecule has 2 aliphatic heterocycles. The van der Waals surface area contributed by atoms with Crippen LogP contribution in [0.15, 0.2) is 29.2 Å². The summed E-state index contributed by atoms with van der Waals surface area (Å²) >= 11 is 0. The van der Waals surface area contributed by atoms with Crippen molar-refractivity contribution in [1.29, 1.82) is 0 Å². The van der Waals surface area contributed by atoms with Crippen LogP contribution in [0.3, 0.4) is 0 Å². The number of carbonyl (C=O) groups is 2. The normalized spacial score (nSPS) is 24.8. The lowest BCUT2D eigenvalue weighted by Gasteiger charge is -2.49. The third kappa shape index (κ3) is 3.92. The van der Waals surface area contributed by atoms with Crippen molar-refractivity contribution in [1.82, 2.24) is 19.7 Å². The summed E-state index contributed by atoms with van der Waals surface area (Å²) in [6.45, 7) is 3.22. The highest BCUT2D eigenvalue weighted by Gasteiger charge is 2.41. The smallest absolute Gasteiger partial charge is 0.250 e. The van der Waals surface area contributed by atoms with Crippen LogP contribution in [0.4, 0.5) is 0 Å². The predicted octanol–water partition coefficient (Wildman–Crippen LogP) is 0.0513. The van der Waals surface area contributed by atoms with Crippen molar-refractivity contribution in [3.05, 3.63) is 34.7 Å². The zero-order chi connectivity index (χ0) is 17.9. The number of amides is 2. The first-order valence-corrected chi connectivity index (χ1v) is 8.91. The van der Waals surface area contributed by atoms with Crippen LogP contribution < -0.4 is 10.9 Å². The second-order valence-corrected chi connectivity index (χ2v) is 7.04. The van der Waals surface area contributed by atoms with Crippen LogP contribution in [0.1, 0.15) is 25.7 Å². The molecule has 136 valence electrons. The van der Waals surface area contributed by atoms with Gasteiger partial charge in [0.1, 0.15) is 0 Å². The van der Waals surface area contributed by atoms with Gasteiger partial charge in [-0.25, -0.2) is 0 Å². The van der Waals surface area contributed by atoms with E-state index < -0.39 is 0 Å². The number of nitrogens with zero attached hydrogens (tertiary/aromatic N) is 3. The second kappa shape index (κ2) is 7.39. The molecule has 3 heterocycles. The zero-order valence-corrected chi connectivity index (χ0v) is 14.7. The van der Waals surface area contributed by atoms with Gasteiger partial charge in [0.15, 0.2) is 0 Å². The first kappa shape index (κ1) is 17.7. The molecule has 1 spiro atoms. The van der Waals surface area contributed by atoms with Crippen LogP contribution in [0.2, 0.25) is 0 Å². The first-order valence-electron chi connectivity index (χ1n) is 8.91. The number of carbonyl (C=O) groups excluding carboxylic acids is 2. The Kier molecular flexibility index (Phi) is 5.22. The van der Waals surface area contributed by atoms with Crippen molar-refractivity contribution in [2.75, 3.05) is 33.2 Å². The molecule has 2 fully saturated rings. The molecule has 0 unspecified atom stereocenters. The van der Waals surface area contributed by atoms with E-state index in [1.807, 2.05) is 4.90 Å². The van der Waals surface area contributed by atoms with Gasteiger partial charge in [0.25, 0.3) is 5.56 Å². The summed E-state index contributed by atoms with van der Waals surface area (Å²) in [5.74, 6) is 0.170. The molecule has 0 aromatic carbocycles. The summed E-state index contributed by atoms with van der Waals surface area (Å²) in [4.78, 5) is 40.3. The van der Waals surface area contributed by atoms with Crippen LogP contribution in [0.25, 0.3) is 0 Å². The van der Waals surface area contributed by atoms with Crippen molar-refractivity contribution in [3.8, 4) is 0 Å². The van der Waals surface area contributed by atoms with E-state index in [4.69, 9.17) is 0 Å². The van der Waals surface area contributed by atoms with E-state index >= 15 is 0 Å². The van der Waals surface area contributed by atoms with Gasteiger partial charge >= 0.3 is 0 Å². The van der Waals surface area contributed by atoms with Crippen molar-refractivity contribution >= 4 is 11.8 Å².